The van der Waals surface area contributed by atoms with E-state index < -0.39 is 0 Å². The lowest BCUT2D eigenvalue weighted by Gasteiger charge is -2.26. The predicted molar refractivity (Wildman–Crippen MR) is 48.3 cm³/mol. The van der Waals surface area contributed by atoms with Crippen molar-refractivity contribution in [2.45, 2.75) is 32.6 Å². The van der Waals surface area contributed by atoms with Crippen molar-refractivity contribution in [3.8, 4) is 0 Å². The Bertz CT molecular complexity index is 159. The van der Waals surface area contributed by atoms with E-state index >= 15 is 0 Å². The Morgan fingerprint density at radius 3 is 3.08 bits per heavy atom. The first-order valence-electron chi connectivity index (χ1n) is 4.69. The third-order valence-corrected chi connectivity index (χ3v) is 2.76. The highest BCUT2D eigenvalue weighted by molar-refractivity contribution is 5.79. The Kier molecular flexibility index (Phi) is 3.69. The highest BCUT2D eigenvalue weighted by Crippen LogP contribution is 2.27. The first kappa shape index (κ1) is 9.68. The molecule has 1 rings (SSSR count). The lowest BCUT2D eigenvalue weighted by Crippen LogP contribution is -2.33. The molecule has 2 atom stereocenters. The number of rotatable bonds is 3. The van der Waals surface area contributed by atoms with Crippen molar-refractivity contribution in [3.63, 3.8) is 0 Å². The predicted octanol–water partition coefficient (Wildman–Crippen LogP) is 0.845. The maximum absolute atomic E-state index is 11.1. The topological polar surface area (TPSA) is 55.1 Å². The Morgan fingerprint density at radius 1 is 1.75 bits per heavy atom. The van der Waals surface area contributed by atoms with Gasteiger partial charge in [-0.1, -0.05) is 6.92 Å². The van der Waals surface area contributed by atoms with Gasteiger partial charge in [-0.05, 0) is 24.7 Å². The number of ketones is 1. The number of carbonyl (C=O) groups excluding carboxylic acids is 1. The van der Waals surface area contributed by atoms with E-state index in [-0.39, 0.29) is 0 Å². The maximum atomic E-state index is 11.1. The first-order chi connectivity index (χ1) is 5.74. The van der Waals surface area contributed by atoms with Crippen LogP contribution in [0, 0.1) is 11.8 Å². The van der Waals surface area contributed by atoms with Crippen molar-refractivity contribution in [2.75, 3.05) is 6.54 Å². The van der Waals surface area contributed by atoms with Gasteiger partial charge in [0.2, 0.25) is 0 Å². The second-order valence-electron chi connectivity index (χ2n) is 3.78. The summed E-state index contributed by atoms with van der Waals surface area (Å²) in [7, 11) is 0. The molecule has 0 spiro atoms. The number of nitrogens with one attached hydrogen (secondary N) is 1. The summed E-state index contributed by atoms with van der Waals surface area (Å²) in [5.74, 6) is 6.75. The van der Waals surface area contributed by atoms with E-state index in [0.717, 1.165) is 25.8 Å². The third kappa shape index (κ3) is 2.57. The second-order valence-corrected chi connectivity index (χ2v) is 3.78. The molecule has 0 bridgehead atoms. The van der Waals surface area contributed by atoms with Gasteiger partial charge >= 0.3 is 0 Å². The molecule has 70 valence electrons. The fourth-order valence-electron chi connectivity index (χ4n) is 1.90. The number of nitrogens with two attached hydrogens (primary N) is 1. The standard InChI is InChI=1S/C9H18N2O/c1-7(6-11-10)8-3-2-4-9(12)5-8/h7-8,11H,2-6,10H2,1H3. The molecule has 0 saturated heterocycles. The molecule has 1 fully saturated rings. The van der Waals surface area contributed by atoms with E-state index in [2.05, 4.69) is 12.3 Å². The fourth-order valence-corrected chi connectivity index (χ4v) is 1.90. The van der Waals surface area contributed by atoms with E-state index in [1.165, 1.54) is 6.42 Å². The number of carbonyl (C=O) groups is 1. The van der Waals surface area contributed by atoms with Crippen molar-refractivity contribution < 1.29 is 4.79 Å². The first-order valence-corrected chi connectivity index (χ1v) is 4.69. The summed E-state index contributed by atoms with van der Waals surface area (Å²) >= 11 is 0. The average Bonchev–Trinajstić information content (AvgIpc) is 2.05. The van der Waals surface area contributed by atoms with Crippen molar-refractivity contribution in [3.05, 3.63) is 0 Å². The third-order valence-electron chi connectivity index (χ3n) is 2.76. The highest BCUT2D eigenvalue weighted by Gasteiger charge is 2.23. The molecule has 2 unspecified atom stereocenters. The van der Waals surface area contributed by atoms with E-state index in [1.54, 1.807) is 0 Å². The van der Waals surface area contributed by atoms with Crippen LogP contribution in [0.15, 0.2) is 0 Å². The quantitative estimate of drug-likeness (QED) is 0.487. The van der Waals surface area contributed by atoms with Gasteiger partial charge in [0.05, 0.1) is 0 Å². The van der Waals surface area contributed by atoms with Crippen molar-refractivity contribution in [1.29, 1.82) is 0 Å². The van der Waals surface area contributed by atoms with Crippen LogP contribution < -0.4 is 11.3 Å². The van der Waals surface area contributed by atoms with Crippen LogP contribution in [0.3, 0.4) is 0 Å². The van der Waals surface area contributed by atoms with Crippen LogP contribution >= 0.6 is 0 Å². The molecule has 0 aromatic heterocycles. The number of hydrogen-bond acceptors (Lipinski definition) is 3. The summed E-state index contributed by atoms with van der Waals surface area (Å²) in [5.41, 5.74) is 2.67. The molecule has 0 radical (unpaired) electrons. The van der Waals surface area contributed by atoms with Crippen molar-refractivity contribution in [1.82, 2.24) is 5.43 Å². The van der Waals surface area contributed by atoms with Crippen LogP contribution in [0.25, 0.3) is 0 Å². The molecule has 3 heteroatoms. The van der Waals surface area contributed by atoms with Crippen LogP contribution in [0.1, 0.15) is 32.6 Å². The number of Topliss-reactive ketones (excluding diaryl/α,β-unsaturated/α-hetero) is 1. The van der Waals surface area contributed by atoms with Gasteiger partial charge < -0.3 is 0 Å². The molecule has 12 heavy (non-hydrogen) atoms. The van der Waals surface area contributed by atoms with Gasteiger partial charge in [-0.15, -0.1) is 0 Å². The molecule has 0 amide bonds. The van der Waals surface area contributed by atoms with Gasteiger partial charge in [0, 0.05) is 19.4 Å². The molecule has 3 N–H and O–H groups in total. The van der Waals surface area contributed by atoms with E-state index in [0.29, 0.717) is 17.6 Å². The second kappa shape index (κ2) is 4.58. The van der Waals surface area contributed by atoms with Crippen LogP contribution in [-0.4, -0.2) is 12.3 Å². The lowest BCUT2D eigenvalue weighted by atomic mass is 9.80. The Hall–Kier alpha value is -0.410. The molecule has 1 aliphatic rings. The van der Waals surface area contributed by atoms with Crippen LogP contribution in [-0.2, 0) is 4.79 Å². The van der Waals surface area contributed by atoms with Crippen LogP contribution in [0.4, 0.5) is 0 Å². The molecular formula is C9H18N2O. The Labute approximate surface area is 73.7 Å². The number of hydrogen-bond donors (Lipinski definition) is 2. The average molecular weight is 170 g/mol. The molecule has 1 saturated carbocycles. The molecule has 0 aliphatic heterocycles. The maximum Gasteiger partial charge on any atom is 0.133 e. The van der Waals surface area contributed by atoms with Gasteiger partial charge in [0.25, 0.3) is 0 Å². The number of hydrazine groups is 1. The van der Waals surface area contributed by atoms with Gasteiger partial charge in [-0.25, -0.2) is 0 Å². The zero-order chi connectivity index (χ0) is 8.97. The molecular weight excluding hydrogens is 152 g/mol. The van der Waals surface area contributed by atoms with Crippen LogP contribution in [0.2, 0.25) is 0 Å². The minimum Gasteiger partial charge on any atom is -0.300 e. The summed E-state index contributed by atoms with van der Waals surface area (Å²) in [5, 5.41) is 0. The summed E-state index contributed by atoms with van der Waals surface area (Å²) in [4.78, 5) is 11.1. The molecule has 0 aromatic carbocycles. The minimum absolute atomic E-state index is 0.426. The Balaban J connectivity index is 2.34. The minimum atomic E-state index is 0.426. The van der Waals surface area contributed by atoms with Gasteiger partial charge in [-0.3, -0.25) is 16.1 Å². The Morgan fingerprint density at radius 2 is 2.50 bits per heavy atom. The summed E-state index contributed by atoms with van der Waals surface area (Å²) in [6.45, 7) is 2.97. The van der Waals surface area contributed by atoms with E-state index in [1.807, 2.05) is 0 Å². The molecule has 0 aromatic rings. The van der Waals surface area contributed by atoms with Crippen molar-refractivity contribution in [2.24, 2.45) is 17.7 Å². The fraction of sp³-hybridized carbons (Fsp3) is 0.889. The van der Waals surface area contributed by atoms with E-state index in [4.69, 9.17) is 5.84 Å². The monoisotopic (exact) mass is 170 g/mol. The largest absolute Gasteiger partial charge is 0.300 e. The van der Waals surface area contributed by atoms with Gasteiger partial charge in [-0.2, -0.15) is 0 Å². The van der Waals surface area contributed by atoms with Crippen molar-refractivity contribution >= 4 is 5.78 Å². The summed E-state index contributed by atoms with van der Waals surface area (Å²) < 4.78 is 0. The zero-order valence-corrected chi connectivity index (χ0v) is 7.68. The zero-order valence-electron chi connectivity index (χ0n) is 7.68. The van der Waals surface area contributed by atoms with Gasteiger partial charge in [0.1, 0.15) is 5.78 Å². The lowest BCUT2D eigenvalue weighted by molar-refractivity contribution is -0.122. The molecule has 3 nitrogen and oxygen atoms in total. The van der Waals surface area contributed by atoms with Crippen LogP contribution in [0.5, 0.6) is 0 Å². The van der Waals surface area contributed by atoms with Gasteiger partial charge in [0.15, 0.2) is 0 Å². The SMILES string of the molecule is CC(CNN)C1CCCC(=O)C1. The van der Waals surface area contributed by atoms with E-state index in [9.17, 15) is 4.79 Å². The summed E-state index contributed by atoms with van der Waals surface area (Å²) in [6.07, 6.45) is 3.81. The summed E-state index contributed by atoms with van der Waals surface area (Å²) in [6, 6.07) is 0. The highest BCUT2D eigenvalue weighted by atomic mass is 16.1. The molecule has 0 heterocycles. The molecule has 1 aliphatic carbocycles. The smallest absolute Gasteiger partial charge is 0.133 e. The normalized spacial score (nSPS) is 27.2.